The van der Waals surface area contributed by atoms with Crippen molar-refractivity contribution >= 4 is 23.6 Å². The molecule has 1 spiro atoms. The Hall–Kier alpha value is -2.82. The average molecular weight is 561 g/mol. The number of benzene rings is 2. The molecule has 0 saturated heterocycles. The number of carboxylic acids is 1. The van der Waals surface area contributed by atoms with Crippen LogP contribution in [0.25, 0.3) is 0 Å². The fourth-order valence-corrected chi connectivity index (χ4v) is 6.67. The number of aliphatic imine (C=N–C) groups is 1. The number of aliphatic carboxylic acids is 1. The van der Waals surface area contributed by atoms with Crippen molar-refractivity contribution in [1.82, 2.24) is 0 Å². The van der Waals surface area contributed by atoms with Crippen molar-refractivity contribution < 1.29 is 14.6 Å². The molecule has 1 atom stereocenters. The van der Waals surface area contributed by atoms with Gasteiger partial charge < -0.3 is 14.7 Å². The molecule has 0 aliphatic carbocycles. The maximum absolute atomic E-state index is 10.5. The van der Waals surface area contributed by atoms with Gasteiger partial charge in [-0.15, -0.1) is 0 Å². The number of fused-ring (bicyclic) bond motifs is 2. The predicted octanol–water partition coefficient (Wildman–Crippen LogP) is 9.99. The van der Waals surface area contributed by atoms with E-state index in [0.29, 0.717) is 6.42 Å². The minimum absolute atomic E-state index is 0.218. The van der Waals surface area contributed by atoms with Gasteiger partial charge in [0.25, 0.3) is 0 Å². The monoisotopic (exact) mass is 560 g/mol. The Morgan fingerprint density at radius 2 is 1.24 bits per heavy atom. The van der Waals surface area contributed by atoms with Crippen molar-refractivity contribution in [1.29, 1.82) is 0 Å². The summed E-state index contributed by atoms with van der Waals surface area (Å²) in [5.41, 5.74) is 2.70. The van der Waals surface area contributed by atoms with Gasteiger partial charge in [0.05, 0.1) is 11.6 Å². The lowest BCUT2D eigenvalue weighted by molar-refractivity contribution is -0.137. The quantitative estimate of drug-likeness (QED) is 0.174. The number of carbonyl (C=O) groups is 1. The summed E-state index contributed by atoms with van der Waals surface area (Å²) >= 11 is 0. The Kier molecular flexibility index (Phi) is 11.7. The number of carboxylic acid groups (broad SMARTS) is 1. The molecule has 0 bridgehead atoms. The van der Waals surface area contributed by atoms with Gasteiger partial charge in [0.1, 0.15) is 11.4 Å². The number of anilines is 1. The zero-order valence-corrected chi connectivity index (χ0v) is 25.6. The van der Waals surface area contributed by atoms with E-state index in [1.165, 1.54) is 94.7 Å². The Balaban J connectivity index is 1.10. The normalized spacial score (nSPS) is 18.3. The molecule has 4 rings (SSSR count). The third-order valence-corrected chi connectivity index (χ3v) is 9.20. The van der Waals surface area contributed by atoms with Gasteiger partial charge in [0, 0.05) is 18.7 Å². The number of nitrogens with zero attached hydrogens (tertiary/aromatic N) is 2. The maximum Gasteiger partial charge on any atom is 0.303 e. The second kappa shape index (κ2) is 15.4. The summed E-state index contributed by atoms with van der Waals surface area (Å²) in [5.74, 6) is 0.204. The van der Waals surface area contributed by atoms with Gasteiger partial charge in [0.2, 0.25) is 5.72 Å². The first-order valence-corrected chi connectivity index (χ1v) is 16.4. The number of unbranched alkanes of at least 4 members (excludes halogenated alkanes) is 15. The first-order chi connectivity index (χ1) is 20.0. The van der Waals surface area contributed by atoms with Crippen LogP contribution in [-0.2, 0) is 10.2 Å². The lowest BCUT2D eigenvalue weighted by atomic mass is 9.77. The summed E-state index contributed by atoms with van der Waals surface area (Å²) in [6.07, 6.45) is 22.6. The second-order valence-corrected chi connectivity index (χ2v) is 12.6. The largest absolute Gasteiger partial charge is 0.481 e. The molecule has 1 unspecified atom stereocenters. The summed E-state index contributed by atoms with van der Waals surface area (Å²) in [4.78, 5) is 17.9. The minimum Gasteiger partial charge on any atom is -0.481 e. The van der Waals surface area contributed by atoms with Gasteiger partial charge in [-0.25, -0.2) is 0 Å². The third kappa shape index (κ3) is 7.93. The van der Waals surface area contributed by atoms with E-state index in [-0.39, 0.29) is 5.41 Å². The number of rotatable bonds is 19. The number of ether oxygens (including phenoxy) is 1. The fraction of sp³-hybridized carbons (Fsp3) is 0.611. The fourth-order valence-electron chi connectivity index (χ4n) is 6.67. The second-order valence-electron chi connectivity index (χ2n) is 12.6. The molecule has 2 aromatic carbocycles. The number of hydrogen-bond acceptors (Lipinski definition) is 4. The van der Waals surface area contributed by atoms with Crippen molar-refractivity contribution in [2.45, 2.75) is 134 Å². The molecule has 0 saturated carbocycles. The van der Waals surface area contributed by atoms with Crippen molar-refractivity contribution in [3.8, 4) is 5.75 Å². The van der Waals surface area contributed by atoms with Crippen LogP contribution in [0.3, 0.4) is 0 Å². The SMILES string of the molecule is CC1(C)c2ccccc2N(CCCCCCCCCCCCCCCCCCC(=O)O)C12C=Nc1ccccc1O2. The Labute approximate surface area is 248 Å². The molecular formula is C36H52N2O3. The highest BCUT2D eigenvalue weighted by Gasteiger charge is 2.59. The summed E-state index contributed by atoms with van der Waals surface area (Å²) < 4.78 is 6.84. The highest BCUT2D eigenvalue weighted by Crippen LogP contribution is 2.53. The molecule has 2 heterocycles. The van der Waals surface area contributed by atoms with E-state index in [9.17, 15) is 4.79 Å². The van der Waals surface area contributed by atoms with Crippen molar-refractivity contribution in [3.63, 3.8) is 0 Å². The number of para-hydroxylation sites is 3. The number of hydrogen-bond donors (Lipinski definition) is 1. The molecule has 2 aromatic rings. The highest BCUT2D eigenvalue weighted by atomic mass is 16.5. The molecule has 5 heteroatoms. The van der Waals surface area contributed by atoms with Crippen LogP contribution in [-0.4, -0.2) is 29.6 Å². The first kappa shape index (κ1) is 31.1. The van der Waals surface area contributed by atoms with Crippen molar-refractivity contribution in [2.75, 3.05) is 11.4 Å². The van der Waals surface area contributed by atoms with Crippen molar-refractivity contribution in [2.24, 2.45) is 4.99 Å². The van der Waals surface area contributed by atoms with Gasteiger partial charge in [-0.2, -0.15) is 0 Å². The van der Waals surface area contributed by atoms with Crippen LogP contribution in [0.1, 0.15) is 129 Å². The van der Waals surface area contributed by atoms with E-state index in [2.05, 4.69) is 49.2 Å². The summed E-state index contributed by atoms with van der Waals surface area (Å²) in [5, 5.41) is 8.67. The Bertz CT molecular complexity index is 1130. The zero-order chi connectivity index (χ0) is 29.0. The van der Waals surface area contributed by atoms with Crippen LogP contribution < -0.4 is 9.64 Å². The summed E-state index contributed by atoms with van der Waals surface area (Å²) in [6.45, 7) is 5.55. The van der Waals surface area contributed by atoms with E-state index in [4.69, 9.17) is 14.8 Å². The maximum atomic E-state index is 10.5. The molecule has 2 aliphatic rings. The van der Waals surface area contributed by atoms with Gasteiger partial charge in [0.15, 0.2) is 0 Å². The first-order valence-electron chi connectivity index (χ1n) is 16.4. The lowest BCUT2D eigenvalue weighted by Crippen LogP contribution is -2.62. The van der Waals surface area contributed by atoms with Gasteiger partial charge in [-0.05, 0) is 50.5 Å². The summed E-state index contributed by atoms with van der Waals surface area (Å²) in [6, 6.07) is 16.9. The van der Waals surface area contributed by atoms with E-state index in [0.717, 1.165) is 37.2 Å². The lowest BCUT2D eigenvalue weighted by Gasteiger charge is -2.46. The summed E-state index contributed by atoms with van der Waals surface area (Å²) in [7, 11) is 0. The molecule has 5 nitrogen and oxygen atoms in total. The predicted molar refractivity (Wildman–Crippen MR) is 171 cm³/mol. The van der Waals surface area contributed by atoms with E-state index >= 15 is 0 Å². The molecule has 0 radical (unpaired) electrons. The molecule has 0 aromatic heterocycles. The van der Waals surface area contributed by atoms with Crippen LogP contribution in [0.4, 0.5) is 11.4 Å². The van der Waals surface area contributed by atoms with Crippen LogP contribution in [0.5, 0.6) is 5.75 Å². The van der Waals surface area contributed by atoms with E-state index in [1.807, 2.05) is 24.3 Å². The van der Waals surface area contributed by atoms with Crippen LogP contribution in [0.2, 0.25) is 0 Å². The molecule has 224 valence electrons. The Morgan fingerprint density at radius 1 is 0.732 bits per heavy atom. The smallest absolute Gasteiger partial charge is 0.303 e. The topological polar surface area (TPSA) is 62.1 Å². The van der Waals surface area contributed by atoms with E-state index < -0.39 is 11.7 Å². The van der Waals surface area contributed by atoms with Crippen LogP contribution in [0, 0.1) is 0 Å². The molecule has 0 fully saturated rings. The Morgan fingerprint density at radius 3 is 1.85 bits per heavy atom. The minimum atomic E-state index is -0.663. The average Bonchev–Trinajstić information content (AvgIpc) is 3.14. The van der Waals surface area contributed by atoms with Crippen molar-refractivity contribution in [3.05, 3.63) is 54.1 Å². The van der Waals surface area contributed by atoms with Crippen LogP contribution in [0.15, 0.2) is 53.5 Å². The van der Waals surface area contributed by atoms with E-state index in [1.54, 1.807) is 0 Å². The molecule has 0 amide bonds. The van der Waals surface area contributed by atoms with Crippen LogP contribution >= 0.6 is 0 Å². The van der Waals surface area contributed by atoms with Gasteiger partial charge in [-0.3, -0.25) is 9.79 Å². The van der Waals surface area contributed by atoms with Gasteiger partial charge >= 0.3 is 5.97 Å². The standard InChI is InChI=1S/C36H52N2O3/c1-35(2)30-23-18-20-25-32(30)38(36(35)29-37-31-24-19-21-26-33(31)41-36)28-22-16-14-12-10-8-6-4-3-5-7-9-11-13-15-17-27-34(39)40/h18-21,23-26,29H,3-17,22,27-28H2,1-2H3,(H,39,40). The molecule has 41 heavy (non-hydrogen) atoms. The highest BCUT2D eigenvalue weighted by molar-refractivity contribution is 5.88. The molecular weight excluding hydrogens is 508 g/mol. The zero-order valence-electron chi connectivity index (χ0n) is 25.6. The molecule has 2 aliphatic heterocycles. The molecule has 1 N–H and O–H groups in total. The third-order valence-electron chi connectivity index (χ3n) is 9.20. The van der Waals surface area contributed by atoms with Gasteiger partial charge in [-0.1, -0.05) is 120 Å².